The minimum Gasteiger partial charge on any atom is -0.493 e. The molecule has 0 heterocycles. The van der Waals surface area contributed by atoms with E-state index in [2.05, 4.69) is 4.74 Å². The summed E-state index contributed by atoms with van der Waals surface area (Å²) in [6.45, 7) is 2.65. The highest BCUT2D eigenvalue weighted by atomic mass is 16.6. The van der Waals surface area contributed by atoms with Crippen molar-refractivity contribution in [2.24, 2.45) is 0 Å². The van der Waals surface area contributed by atoms with E-state index in [0.717, 1.165) is 0 Å². The van der Waals surface area contributed by atoms with Gasteiger partial charge in [-0.3, -0.25) is 9.59 Å². The zero-order valence-corrected chi connectivity index (χ0v) is 25.5. The number of ether oxygens (including phenoxy) is 8. The van der Waals surface area contributed by atoms with Crippen molar-refractivity contribution in [3.63, 3.8) is 0 Å². The second kappa shape index (κ2) is 16.4. The second-order valence-corrected chi connectivity index (χ2v) is 9.25. The molecule has 3 rings (SSSR count). The van der Waals surface area contributed by atoms with Gasteiger partial charge in [-0.15, -0.1) is 0 Å². The van der Waals surface area contributed by atoms with E-state index in [-0.39, 0.29) is 24.5 Å². The van der Waals surface area contributed by atoms with E-state index in [1.54, 1.807) is 60.7 Å². The lowest BCUT2D eigenvalue weighted by Crippen LogP contribution is -2.31. The summed E-state index contributed by atoms with van der Waals surface area (Å²) < 4.78 is 45.0. The minimum absolute atomic E-state index is 0.0338. The average Bonchev–Trinajstić information content (AvgIpc) is 3.02. The van der Waals surface area contributed by atoms with E-state index in [1.165, 1.54) is 48.4 Å². The normalized spacial score (nSPS) is 12.0. The standard InChI is InChI=1S/C33H36O11/c1-21(34)41-18-17-29(43-26-10-8-7-9-25(26)37-3)33(24-13-15-27(42-22(2)35)31(20-24)39-5)44-28-14-11-23(19-30(28)38-4)12-16-32(36)40-6/h7-16,19-20,29,33H,17-18H2,1-6H3/b16-12+/t29-,33+/m1/s1. The Hall–Kier alpha value is -5.19. The van der Waals surface area contributed by atoms with Gasteiger partial charge in [-0.25, -0.2) is 4.79 Å². The monoisotopic (exact) mass is 608 g/mol. The Morgan fingerprint density at radius 2 is 1.34 bits per heavy atom. The molecule has 3 aromatic carbocycles. The molecule has 44 heavy (non-hydrogen) atoms. The summed E-state index contributed by atoms with van der Waals surface area (Å²) in [4.78, 5) is 34.9. The van der Waals surface area contributed by atoms with Crippen LogP contribution in [0.1, 0.15) is 37.5 Å². The quantitative estimate of drug-likeness (QED) is 0.126. The van der Waals surface area contributed by atoms with Crippen LogP contribution in [-0.4, -0.2) is 59.1 Å². The van der Waals surface area contributed by atoms with Crippen molar-refractivity contribution in [3.05, 3.63) is 77.9 Å². The number of hydrogen-bond donors (Lipinski definition) is 0. The molecule has 0 saturated heterocycles. The number of hydrogen-bond acceptors (Lipinski definition) is 11. The molecule has 0 spiro atoms. The lowest BCUT2D eigenvalue weighted by molar-refractivity contribution is -0.142. The van der Waals surface area contributed by atoms with Gasteiger partial charge in [-0.05, 0) is 48.0 Å². The third-order valence-corrected chi connectivity index (χ3v) is 6.22. The molecule has 0 unspecified atom stereocenters. The Kier molecular flexibility index (Phi) is 12.5. The molecule has 11 heteroatoms. The Morgan fingerprint density at radius 3 is 1.98 bits per heavy atom. The van der Waals surface area contributed by atoms with Crippen molar-refractivity contribution in [2.45, 2.75) is 32.5 Å². The van der Waals surface area contributed by atoms with Crippen LogP contribution in [0.3, 0.4) is 0 Å². The first kappa shape index (κ1) is 33.3. The number of para-hydroxylation sites is 2. The number of carbonyl (C=O) groups is 3. The van der Waals surface area contributed by atoms with Crippen molar-refractivity contribution < 1.29 is 52.3 Å². The van der Waals surface area contributed by atoms with Crippen LogP contribution in [0, 0.1) is 0 Å². The van der Waals surface area contributed by atoms with Crippen LogP contribution in [0.4, 0.5) is 0 Å². The molecule has 234 valence electrons. The van der Waals surface area contributed by atoms with Crippen LogP contribution in [-0.2, 0) is 23.9 Å². The molecule has 0 aliphatic heterocycles. The number of carbonyl (C=O) groups excluding carboxylic acids is 3. The van der Waals surface area contributed by atoms with Gasteiger partial charge < -0.3 is 37.9 Å². The molecule has 0 aliphatic rings. The first-order valence-electron chi connectivity index (χ1n) is 13.6. The first-order valence-corrected chi connectivity index (χ1v) is 13.6. The van der Waals surface area contributed by atoms with Crippen LogP contribution in [0.2, 0.25) is 0 Å². The van der Waals surface area contributed by atoms with E-state index < -0.39 is 30.1 Å². The van der Waals surface area contributed by atoms with Crippen LogP contribution < -0.4 is 28.4 Å². The zero-order chi connectivity index (χ0) is 32.1. The predicted molar refractivity (Wildman–Crippen MR) is 160 cm³/mol. The van der Waals surface area contributed by atoms with E-state index in [4.69, 9.17) is 33.2 Å². The van der Waals surface area contributed by atoms with Gasteiger partial charge in [0.05, 0.1) is 35.0 Å². The molecule has 11 nitrogen and oxygen atoms in total. The van der Waals surface area contributed by atoms with Gasteiger partial charge in [-0.1, -0.05) is 24.3 Å². The van der Waals surface area contributed by atoms with Gasteiger partial charge in [0.2, 0.25) is 0 Å². The molecule has 0 saturated carbocycles. The van der Waals surface area contributed by atoms with E-state index in [9.17, 15) is 14.4 Å². The third-order valence-electron chi connectivity index (χ3n) is 6.22. The lowest BCUT2D eigenvalue weighted by Gasteiger charge is -2.30. The lowest BCUT2D eigenvalue weighted by atomic mass is 10.0. The Bertz CT molecular complexity index is 1460. The molecule has 0 radical (unpaired) electrons. The molecule has 3 aromatic rings. The van der Waals surface area contributed by atoms with Gasteiger partial charge in [0.1, 0.15) is 6.10 Å². The highest BCUT2D eigenvalue weighted by Crippen LogP contribution is 2.39. The molecular weight excluding hydrogens is 572 g/mol. The molecule has 0 aliphatic carbocycles. The summed E-state index contributed by atoms with van der Waals surface area (Å²) in [5.41, 5.74) is 1.26. The van der Waals surface area contributed by atoms with Gasteiger partial charge in [-0.2, -0.15) is 0 Å². The SMILES string of the molecule is COC(=O)/C=C/c1ccc(O[C@@H](c2ccc(OC(C)=O)c(OC)c2)[C@@H](CCOC(C)=O)Oc2ccccc2OC)c(OC)c1. The van der Waals surface area contributed by atoms with Crippen LogP contribution in [0.25, 0.3) is 6.08 Å². The third kappa shape index (κ3) is 9.41. The molecule has 0 aromatic heterocycles. The Balaban J connectivity index is 2.12. The maximum Gasteiger partial charge on any atom is 0.330 e. The van der Waals surface area contributed by atoms with E-state index >= 15 is 0 Å². The second-order valence-electron chi connectivity index (χ2n) is 9.25. The first-order chi connectivity index (χ1) is 21.2. The fourth-order valence-electron chi connectivity index (χ4n) is 4.18. The number of methoxy groups -OCH3 is 4. The molecule has 0 fully saturated rings. The van der Waals surface area contributed by atoms with Gasteiger partial charge in [0.25, 0.3) is 0 Å². The number of rotatable bonds is 15. The highest BCUT2D eigenvalue weighted by Gasteiger charge is 2.31. The summed E-state index contributed by atoms with van der Waals surface area (Å²) in [7, 11) is 5.77. The number of esters is 3. The van der Waals surface area contributed by atoms with Crippen molar-refractivity contribution in [2.75, 3.05) is 35.0 Å². The maximum atomic E-state index is 11.7. The van der Waals surface area contributed by atoms with Crippen molar-refractivity contribution >= 4 is 24.0 Å². The van der Waals surface area contributed by atoms with Crippen LogP contribution in [0.5, 0.6) is 34.5 Å². The molecule has 2 atom stereocenters. The summed E-state index contributed by atoms with van der Waals surface area (Å²) in [6, 6.07) is 17.2. The Labute approximate surface area is 256 Å². The summed E-state index contributed by atoms with van der Waals surface area (Å²) >= 11 is 0. The fraction of sp³-hybridized carbons (Fsp3) is 0.303. The topological polar surface area (TPSA) is 125 Å². The highest BCUT2D eigenvalue weighted by molar-refractivity contribution is 5.87. The Morgan fingerprint density at radius 1 is 0.705 bits per heavy atom. The molecule has 0 bridgehead atoms. The molecule has 0 amide bonds. The van der Waals surface area contributed by atoms with Crippen molar-refractivity contribution in [1.82, 2.24) is 0 Å². The summed E-state index contributed by atoms with van der Waals surface area (Å²) in [6.07, 6.45) is 1.50. The fourth-order valence-corrected chi connectivity index (χ4v) is 4.18. The van der Waals surface area contributed by atoms with Crippen LogP contribution in [0.15, 0.2) is 66.7 Å². The van der Waals surface area contributed by atoms with E-state index in [1.807, 2.05) is 6.07 Å². The van der Waals surface area contributed by atoms with Gasteiger partial charge in [0, 0.05) is 31.9 Å². The molecule has 0 N–H and O–H groups in total. The maximum absolute atomic E-state index is 11.7. The van der Waals surface area contributed by atoms with Crippen molar-refractivity contribution in [1.29, 1.82) is 0 Å². The van der Waals surface area contributed by atoms with E-state index in [0.29, 0.717) is 34.1 Å². The summed E-state index contributed by atoms with van der Waals surface area (Å²) in [5, 5.41) is 0. The largest absolute Gasteiger partial charge is 0.493 e. The number of benzene rings is 3. The van der Waals surface area contributed by atoms with Gasteiger partial charge >= 0.3 is 17.9 Å². The van der Waals surface area contributed by atoms with Gasteiger partial charge in [0.15, 0.2) is 40.6 Å². The van der Waals surface area contributed by atoms with Crippen LogP contribution >= 0.6 is 0 Å². The van der Waals surface area contributed by atoms with Crippen molar-refractivity contribution in [3.8, 4) is 34.5 Å². The minimum atomic E-state index is -0.846. The summed E-state index contributed by atoms with van der Waals surface area (Å²) in [5.74, 6) is 0.734. The molecular formula is C33H36O11. The average molecular weight is 609 g/mol. The smallest absolute Gasteiger partial charge is 0.330 e. The predicted octanol–water partition coefficient (Wildman–Crippen LogP) is 5.34. The zero-order valence-electron chi connectivity index (χ0n) is 25.5.